The average molecular weight is 459 g/mol. The smallest absolute Gasteiger partial charge is 0.254 e. The third kappa shape index (κ3) is 4.14. The fourth-order valence-electron chi connectivity index (χ4n) is 4.80. The summed E-state index contributed by atoms with van der Waals surface area (Å²) in [6, 6.07) is 19.4. The molecule has 1 aliphatic heterocycles. The van der Waals surface area contributed by atoms with E-state index in [4.69, 9.17) is 0 Å². The van der Waals surface area contributed by atoms with Crippen molar-refractivity contribution in [3.05, 3.63) is 111 Å². The Kier molecular flexibility index (Phi) is 5.68. The summed E-state index contributed by atoms with van der Waals surface area (Å²) in [6.07, 6.45) is 1.05. The van der Waals surface area contributed by atoms with Crippen molar-refractivity contribution in [2.24, 2.45) is 0 Å². The Bertz CT molecular complexity index is 1280. The zero-order valence-corrected chi connectivity index (χ0v) is 18.9. The molecule has 5 rings (SSSR count). The molecule has 2 aromatic carbocycles. The normalized spacial score (nSPS) is 20.4. The van der Waals surface area contributed by atoms with Crippen LogP contribution in [0.2, 0.25) is 0 Å². The number of thiophene rings is 1. The lowest BCUT2D eigenvalue weighted by molar-refractivity contribution is -0.116. The zero-order chi connectivity index (χ0) is 22.9. The highest BCUT2D eigenvalue weighted by molar-refractivity contribution is 7.10. The van der Waals surface area contributed by atoms with Crippen LogP contribution in [0.15, 0.2) is 94.7 Å². The van der Waals surface area contributed by atoms with Gasteiger partial charge in [-0.1, -0.05) is 36.4 Å². The summed E-state index contributed by atoms with van der Waals surface area (Å²) in [5.74, 6) is -1.23. The quantitative estimate of drug-likeness (QED) is 0.513. The van der Waals surface area contributed by atoms with Gasteiger partial charge in [0.2, 0.25) is 0 Å². The number of carbonyl (C=O) groups is 2. The molecule has 1 aliphatic carbocycles. The highest BCUT2D eigenvalue weighted by atomic mass is 32.1. The number of allylic oxidation sites excluding steroid dienone is 3. The Morgan fingerprint density at radius 2 is 1.88 bits per heavy atom. The van der Waals surface area contributed by atoms with Crippen LogP contribution in [0.3, 0.4) is 0 Å². The topological polar surface area (TPSA) is 58.2 Å². The van der Waals surface area contributed by atoms with E-state index >= 15 is 0 Å². The van der Waals surface area contributed by atoms with Crippen molar-refractivity contribution >= 4 is 28.7 Å². The number of anilines is 1. The van der Waals surface area contributed by atoms with E-state index < -0.39 is 11.7 Å². The first-order valence-corrected chi connectivity index (χ1v) is 11.8. The predicted molar refractivity (Wildman–Crippen MR) is 128 cm³/mol. The van der Waals surface area contributed by atoms with Crippen molar-refractivity contribution < 1.29 is 14.0 Å². The van der Waals surface area contributed by atoms with Crippen LogP contribution in [-0.4, -0.2) is 11.7 Å². The Morgan fingerprint density at radius 3 is 2.61 bits per heavy atom. The number of halogens is 1. The lowest BCUT2D eigenvalue weighted by Crippen LogP contribution is -2.37. The number of nitrogens with one attached hydrogen (secondary N) is 2. The molecule has 0 fully saturated rings. The van der Waals surface area contributed by atoms with Crippen LogP contribution in [0.4, 0.5) is 10.1 Å². The van der Waals surface area contributed by atoms with E-state index in [1.165, 1.54) is 17.0 Å². The summed E-state index contributed by atoms with van der Waals surface area (Å²) in [4.78, 5) is 28.1. The van der Waals surface area contributed by atoms with Gasteiger partial charge in [-0.05, 0) is 54.6 Å². The first-order valence-electron chi connectivity index (χ1n) is 10.9. The number of carbonyl (C=O) groups excluding carboxylic acids is 2. The number of dihydropyridines is 1. The lowest BCUT2D eigenvalue weighted by Gasteiger charge is -2.36. The summed E-state index contributed by atoms with van der Waals surface area (Å²) in [5.41, 5.74) is 3.77. The second-order valence-electron chi connectivity index (χ2n) is 8.41. The number of benzene rings is 2. The van der Waals surface area contributed by atoms with Crippen LogP contribution in [0.1, 0.15) is 42.0 Å². The van der Waals surface area contributed by atoms with Gasteiger partial charge in [0.05, 0.1) is 0 Å². The van der Waals surface area contributed by atoms with Gasteiger partial charge in [-0.3, -0.25) is 9.59 Å². The Labute approximate surface area is 195 Å². The second kappa shape index (κ2) is 8.79. The molecule has 0 spiro atoms. The van der Waals surface area contributed by atoms with E-state index in [9.17, 15) is 14.0 Å². The molecule has 2 aliphatic rings. The van der Waals surface area contributed by atoms with Gasteiger partial charge in [0.1, 0.15) is 5.82 Å². The van der Waals surface area contributed by atoms with Gasteiger partial charge < -0.3 is 10.6 Å². The van der Waals surface area contributed by atoms with Crippen LogP contribution in [-0.2, 0) is 9.59 Å². The van der Waals surface area contributed by atoms with Gasteiger partial charge in [0, 0.05) is 51.4 Å². The van der Waals surface area contributed by atoms with E-state index in [0.29, 0.717) is 40.9 Å². The standard InChI is InChI=1S/C27H23FN2O2S/c1-16-24(27(32)30-20-9-3-2-4-10-20)25(17-7-5-8-19(28)13-17)26-21(29-16)14-18(15-22(26)31)23-11-6-12-33-23/h2-13,18,25,29H,14-15H2,1H3,(H,30,32). The SMILES string of the molecule is CC1=C(C(=O)Nc2ccccc2)C(c2cccc(F)c2)C2=C(CC(c3cccs3)CC2=O)N1. The number of Topliss-reactive ketones (excluding diaryl/α,β-unsaturated/α-hetero) is 1. The van der Waals surface area contributed by atoms with Gasteiger partial charge in [-0.15, -0.1) is 11.3 Å². The molecular weight excluding hydrogens is 435 g/mol. The first kappa shape index (κ1) is 21.3. The van der Waals surface area contributed by atoms with E-state index in [1.807, 2.05) is 48.7 Å². The minimum Gasteiger partial charge on any atom is -0.362 e. The molecule has 4 nitrogen and oxygen atoms in total. The minimum atomic E-state index is -0.627. The molecular formula is C27H23FN2O2S. The molecule has 0 saturated carbocycles. The van der Waals surface area contributed by atoms with Gasteiger partial charge in [-0.25, -0.2) is 4.39 Å². The fraction of sp³-hybridized carbons (Fsp3) is 0.185. The lowest BCUT2D eigenvalue weighted by atomic mass is 9.72. The zero-order valence-electron chi connectivity index (χ0n) is 18.1. The first-order chi connectivity index (χ1) is 16.0. The van der Waals surface area contributed by atoms with Crippen molar-refractivity contribution in [2.75, 3.05) is 5.32 Å². The molecule has 6 heteroatoms. The molecule has 0 bridgehead atoms. The van der Waals surface area contributed by atoms with Crippen molar-refractivity contribution in [2.45, 2.75) is 31.6 Å². The van der Waals surface area contributed by atoms with Crippen LogP contribution in [0.5, 0.6) is 0 Å². The molecule has 2 unspecified atom stereocenters. The fourth-order valence-corrected chi connectivity index (χ4v) is 5.63. The molecule has 33 heavy (non-hydrogen) atoms. The number of amides is 1. The molecule has 3 aromatic rings. The summed E-state index contributed by atoms with van der Waals surface area (Å²) >= 11 is 1.65. The molecule has 2 N–H and O–H groups in total. The minimum absolute atomic E-state index is 0.00563. The monoisotopic (exact) mass is 458 g/mol. The summed E-state index contributed by atoms with van der Waals surface area (Å²) < 4.78 is 14.2. The number of para-hydroxylation sites is 1. The maximum absolute atomic E-state index is 14.2. The van der Waals surface area contributed by atoms with E-state index in [1.54, 1.807) is 23.5 Å². The largest absolute Gasteiger partial charge is 0.362 e. The highest BCUT2D eigenvalue weighted by Gasteiger charge is 2.41. The Balaban J connectivity index is 1.58. The van der Waals surface area contributed by atoms with Crippen LogP contribution in [0, 0.1) is 5.82 Å². The van der Waals surface area contributed by atoms with Gasteiger partial charge in [-0.2, -0.15) is 0 Å². The summed E-state index contributed by atoms with van der Waals surface area (Å²) in [7, 11) is 0. The Morgan fingerprint density at radius 1 is 1.06 bits per heavy atom. The maximum Gasteiger partial charge on any atom is 0.254 e. The van der Waals surface area contributed by atoms with Gasteiger partial charge in [0.25, 0.3) is 5.91 Å². The molecule has 0 saturated heterocycles. The van der Waals surface area contributed by atoms with E-state index in [2.05, 4.69) is 16.7 Å². The molecule has 2 atom stereocenters. The van der Waals surface area contributed by atoms with Crippen molar-refractivity contribution in [1.29, 1.82) is 0 Å². The number of hydrogen-bond acceptors (Lipinski definition) is 4. The van der Waals surface area contributed by atoms with Crippen LogP contribution >= 0.6 is 11.3 Å². The van der Waals surface area contributed by atoms with E-state index in [0.717, 1.165) is 5.70 Å². The third-order valence-electron chi connectivity index (χ3n) is 6.23. The predicted octanol–water partition coefficient (Wildman–Crippen LogP) is 5.89. The van der Waals surface area contributed by atoms with Gasteiger partial charge in [0.15, 0.2) is 5.78 Å². The molecule has 1 amide bonds. The highest BCUT2D eigenvalue weighted by Crippen LogP contribution is 2.46. The Hall–Kier alpha value is -3.51. The molecule has 166 valence electrons. The summed E-state index contributed by atoms with van der Waals surface area (Å²) in [6.45, 7) is 1.84. The van der Waals surface area contributed by atoms with Crippen molar-refractivity contribution in [1.82, 2.24) is 5.32 Å². The summed E-state index contributed by atoms with van der Waals surface area (Å²) in [5, 5.41) is 8.31. The number of rotatable bonds is 4. The number of hydrogen-bond donors (Lipinski definition) is 2. The third-order valence-corrected chi connectivity index (χ3v) is 7.27. The van der Waals surface area contributed by atoms with Crippen LogP contribution in [0.25, 0.3) is 0 Å². The van der Waals surface area contributed by atoms with Gasteiger partial charge >= 0.3 is 0 Å². The average Bonchev–Trinajstić information content (AvgIpc) is 3.33. The maximum atomic E-state index is 14.2. The second-order valence-corrected chi connectivity index (χ2v) is 9.39. The molecule has 0 radical (unpaired) electrons. The van der Waals surface area contributed by atoms with Crippen molar-refractivity contribution in [3.63, 3.8) is 0 Å². The number of ketones is 1. The van der Waals surface area contributed by atoms with E-state index in [-0.39, 0.29) is 17.6 Å². The van der Waals surface area contributed by atoms with Crippen LogP contribution < -0.4 is 10.6 Å². The molecule has 2 heterocycles. The molecule has 1 aromatic heterocycles. The van der Waals surface area contributed by atoms with Crippen molar-refractivity contribution in [3.8, 4) is 0 Å².